The number of carbonyl (C=O) groups excluding carboxylic acids is 8. The zero-order valence-corrected chi connectivity index (χ0v) is 45.4. The van der Waals surface area contributed by atoms with Crippen LogP contribution in [0.5, 0.6) is 5.75 Å². The third-order valence-electron chi connectivity index (χ3n) is 12.1. The van der Waals surface area contributed by atoms with E-state index in [1.54, 1.807) is 61.0 Å². The Morgan fingerprint density at radius 3 is 2.04 bits per heavy atom. The molecule has 8 amide bonds. The Morgan fingerprint density at radius 2 is 1.42 bits per heavy atom. The molecule has 1 saturated heterocycles. The largest absolute Gasteiger partial charge is 0.492 e. The van der Waals surface area contributed by atoms with Crippen molar-refractivity contribution in [1.82, 2.24) is 52.0 Å². The van der Waals surface area contributed by atoms with Gasteiger partial charge in [-0.15, -0.1) is 0 Å². The summed E-state index contributed by atoms with van der Waals surface area (Å²) in [6, 6.07) is 9.26. The van der Waals surface area contributed by atoms with Crippen LogP contribution in [0.1, 0.15) is 49.4 Å². The number of pyridine rings is 1. The number of benzene rings is 2. The van der Waals surface area contributed by atoms with Crippen LogP contribution in [0.3, 0.4) is 0 Å². The number of hydrogen-bond acceptors (Lipinski definition) is 16. The fourth-order valence-electron chi connectivity index (χ4n) is 7.91. The number of likely N-dealkylation sites (N-methyl/N-ethyl adjacent to an activating group) is 1. The summed E-state index contributed by atoms with van der Waals surface area (Å²) >= 11 is 2.51. The molecule has 0 spiro atoms. The highest BCUT2D eigenvalue weighted by Gasteiger charge is 2.47. The van der Waals surface area contributed by atoms with Crippen LogP contribution in [0.2, 0.25) is 0 Å². The number of hydrogen-bond donors (Lipinski definition) is 9. The molecule has 0 saturated carbocycles. The van der Waals surface area contributed by atoms with E-state index in [1.807, 2.05) is 0 Å². The Labute approximate surface area is 461 Å². The Balaban J connectivity index is 1.27. The van der Waals surface area contributed by atoms with Crippen molar-refractivity contribution in [3.8, 4) is 22.9 Å². The molecule has 1 unspecified atom stereocenters. The molecule has 28 heteroatoms. The van der Waals surface area contributed by atoms with Crippen LogP contribution in [-0.4, -0.2) is 191 Å². The van der Waals surface area contributed by atoms with Crippen LogP contribution in [0.4, 0.5) is 8.78 Å². The molecule has 4 rings (SSSR count). The molecule has 5 atom stereocenters. The number of aromatic nitrogens is 1. The molecule has 9 N–H and O–H groups in total. The summed E-state index contributed by atoms with van der Waals surface area (Å²) in [6.07, 6.45) is 2.60. The summed E-state index contributed by atoms with van der Waals surface area (Å²) in [7, 11) is 1.52. The fraction of sp³-hybridized carbons (Fsp3) is 0.451. The molecule has 79 heavy (non-hydrogen) atoms. The number of amides is 8. The van der Waals surface area contributed by atoms with Gasteiger partial charge in [0, 0.05) is 62.0 Å². The fourth-order valence-corrected chi connectivity index (χ4v) is 9.17. The lowest BCUT2D eigenvalue weighted by Crippen LogP contribution is -2.56. The summed E-state index contributed by atoms with van der Waals surface area (Å²) < 4.78 is 33.5. The second-order valence-corrected chi connectivity index (χ2v) is 19.8. The molecule has 426 valence electrons. The molecule has 0 bridgehead atoms. The number of fused-ring (bicyclic) bond motifs is 1. The van der Waals surface area contributed by atoms with E-state index in [0.717, 1.165) is 17.4 Å². The highest BCUT2D eigenvalue weighted by Crippen LogP contribution is 2.32. The van der Waals surface area contributed by atoms with Gasteiger partial charge in [0.15, 0.2) is 0 Å². The maximum atomic E-state index is 13.9. The predicted molar refractivity (Wildman–Crippen MR) is 287 cm³/mol. The van der Waals surface area contributed by atoms with E-state index in [4.69, 9.17) is 9.84 Å². The smallest absolute Gasteiger partial charge is 0.303 e. The van der Waals surface area contributed by atoms with Crippen molar-refractivity contribution < 1.29 is 71.7 Å². The van der Waals surface area contributed by atoms with Crippen LogP contribution in [-0.2, 0) is 43.2 Å². The summed E-state index contributed by atoms with van der Waals surface area (Å²) in [6.45, 7) is 2.94. The van der Waals surface area contributed by atoms with Crippen LogP contribution < -0.4 is 42.0 Å². The molecule has 1 aliphatic heterocycles. The van der Waals surface area contributed by atoms with E-state index < -0.39 is 134 Å². The molecule has 2 heterocycles. The number of carboxylic acids is 2. The third kappa shape index (κ3) is 20.0. The molecule has 1 aromatic heterocycles. The zero-order chi connectivity index (χ0) is 58.4. The Bertz CT molecular complexity index is 2790. The average molecular weight is 1140 g/mol. The van der Waals surface area contributed by atoms with Crippen LogP contribution in [0.25, 0.3) is 22.0 Å². The van der Waals surface area contributed by atoms with Gasteiger partial charge in [0.25, 0.3) is 11.8 Å². The SMILES string of the molecule is C=C(CNC(=O)[C@H](CSC)NC(=O)[C@H](CCC(=O)O)NC(C)=O)N(C)[C@@H](CSC)C(=O)N[C@@H](CCC(=O)O)C(=O)NCC(=O)NCCOc1ccc(-c2ccc3nccc(C(=O)NCC(=O)N4CC(F)(F)CC4C#N)c3c2)cc1. The van der Waals surface area contributed by atoms with Gasteiger partial charge in [-0.1, -0.05) is 24.8 Å². The van der Waals surface area contributed by atoms with E-state index >= 15 is 0 Å². The van der Waals surface area contributed by atoms with Gasteiger partial charge >= 0.3 is 11.9 Å². The Morgan fingerprint density at radius 1 is 0.810 bits per heavy atom. The minimum Gasteiger partial charge on any atom is -0.492 e. The minimum atomic E-state index is -3.20. The monoisotopic (exact) mass is 1140 g/mol. The van der Waals surface area contributed by atoms with E-state index in [0.29, 0.717) is 22.2 Å². The number of alkyl halides is 2. The lowest BCUT2D eigenvalue weighted by Gasteiger charge is -2.32. The number of likely N-dealkylation sites (tertiary alicyclic amines) is 1. The summed E-state index contributed by atoms with van der Waals surface area (Å²) in [5.74, 6) is -10.5. The normalized spacial score (nSPS) is 14.9. The van der Waals surface area contributed by atoms with Crippen LogP contribution >= 0.6 is 23.5 Å². The average Bonchev–Trinajstić information content (AvgIpc) is 3.79. The number of thioether (sulfide) groups is 2. The quantitative estimate of drug-likeness (QED) is 0.0404. The number of halogens is 2. The second kappa shape index (κ2) is 30.8. The number of aliphatic carboxylic acids is 2. The van der Waals surface area contributed by atoms with Gasteiger partial charge in [0.05, 0.1) is 49.9 Å². The number of carboxylic acid groups (broad SMARTS) is 2. The molecule has 1 fully saturated rings. The summed E-state index contributed by atoms with van der Waals surface area (Å²) in [4.78, 5) is 133. The number of nitrogens with one attached hydrogen (secondary N) is 7. The maximum absolute atomic E-state index is 13.9. The molecular formula is C51H63F2N11O13S2. The lowest BCUT2D eigenvalue weighted by atomic mass is 10.0. The van der Waals surface area contributed by atoms with Gasteiger partial charge in [0.1, 0.15) is 42.6 Å². The molecule has 0 aliphatic carbocycles. The molecule has 1 aliphatic rings. The van der Waals surface area contributed by atoms with Crippen molar-refractivity contribution in [2.24, 2.45) is 0 Å². The van der Waals surface area contributed by atoms with Crippen molar-refractivity contribution in [3.05, 3.63) is 72.6 Å². The van der Waals surface area contributed by atoms with Crippen molar-refractivity contribution in [2.45, 2.75) is 75.2 Å². The van der Waals surface area contributed by atoms with Gasteiger partial charge in [-0.3, -0.25) is 52.9 Å². The number of carbonyl (C=O) groups is 10. The summed E-state index contributed by atoms with van der Waals surface area (Å²) in [5.41, 5.74) is 2.32. The van der Waals surface area contributed by atoms with Gasteiger partial charge in [0.2, 0.25) is 41.4 Å². The third-order valence-corrected chi connectivity index (χ3v) is 13.4. The van der Waals surface area contributed by atoms with Gasteiger partial charge in [-0.2, -0.15) is 28.8 Å². The predicted octanol–water partition coefficient (Wildman–Crippen LogP) is 0.863. The highest BCUT2D eigenvalue weighted by atomic mass is 32.2. The van der Waals surface area contributed by atoms with E-state index in [2.05, 4.69) is 48.8 Å². The topological polar surface area (TPSA) is 348 Å². The molecule has 2 aromatic carbocycles. The lowest BCUT2D eigenvalue weighted by molar-refractivity contribution is -0.139. The van der Waals surface area contributed by atoms with E-state index in [9.17, 15) is 67.1 Å². The Kier molecular flexibility index (Phi) is 24.7. The van der Waals surface area contributed by atoms with Gasteiger partial charge in [-0.25, -0.2) is 8.78 Å². The number of nitriles is 1. The van der Waals surface area contributed by atoms with Crippen molar-refractivity contribution in [1.29, 1.82) is 5.26 Å². The van der Waals surface area contributed by atoms with Gasteiger partial charge < -0.3 is 62.0 Å². The zero-order valence-electron chi connectivity index (χ0n) is 43.7. The van der Waals surface area contributed by atoms with Crippen molar-refractivity contribution in [2.75, 3.05) is 70.4 Å². The second-order valence-electron chi connectivity index (χ2n) is 18.0. The first-order chi connectivity index (χ1) is 37.5. The van der Waals surface area contributed by atoms with Crippen molar-refractivity contribution >= 4 is 93.6 Å². The standard InChI is InChI=1S/C51H63F2N11O13S2/c1-29(23-57-48(74)40(26-78-4)62-49(75)39(60-30(2)65)13-15-45(70)71)63(3)41(27-79-5)50(76)61-38(12-14-44(68)69)47(73)58-24-42(66)56-18-19-77-34-9-6-31(7-10-34)32-8-11-37-36(20-32)35(16-17-55-37)46(72)59-25-43(67)64-28-51(52,53)21-33(64)22-54/h6-11,16-17,20,33,38-41H,1,12-15,18-19,21,23-28H2,2-5H3,(H,56,66)(H,57,74)(H,58,73)(H,59,72)(H,60,65)(H,61,76)(H,62,75)(H,68,69)(H,70,71)/t33?,38-,39-,40-,41-/m0/s1. The maximum Gasteiger partial charge on any atom is 0.303 e. The number of rotatable bonds is 31. The first-order valence-electron chi connectivity index (χ1n) is 24.5. The minimum absolute atomic E-state index is 0.0146. The number of ether oxygens (including phenoxy) is 1. The highest BCUT2D eigenvalue weighted by molar-refractivity contribution is 7.98. The van der Waals surface area contributed by atoms with Crippen LogP contribution in [0.15, 0.2) is 67.0 Å². The van der Waals surface area contributed by atoms with E-state index in [-0.39, 0.29) is 55.3 Å². The molecule has 0 radical (unpaired) electrons. The van der Waals surface area contributed by atoms with Gasteiger partial charge in [-0.05, 0) is 66.8 Å². The summed E-state index contributed by atoms with van der Waals surface area (Å²) in [5, 5.41) is 45.8. The first kappa shape index (κ1) is 63.5. The molecular weight excluding hydrogens is 1080 g/mol. The first-order valence-corrected chi connectivity index (χ1v) is 27.2. The van der Waals surface area contributed by atoms with E-state index in [1.165, 1.54) is 47.7 Å². The molecule has 3 aromatic rings. The Hall–Kier alpha value is -8.06. The number of nitrogens with zero attached hydrogens (tertiary/aromatic N) is 4. The molecule has 24 nitrogen and oxygen atoms in total. The van der Waals surface area contributed by atoms with Crippen LogP contribution in [0, 0.1) is 11.3 Å². The van der Waals surface area contributed by atoms with Crippen molar-refractivity contribution in [3.63, 3.8) is 0 Å².